The fourth-order valence-electron chi connectivity index (χ4n) is 2.95. The van der Waals surface area contributed by atoms with Gasteiger partial charge in [0, 0.05) is 26.3 Å². The molecular weight excluding hydrogens is 350 g/mol. The average Bonchev–Trinajstić information content (AvgIpc) is 3.17. The molecule has 1 fully saturated rings. The Labute approximate surface area is 155 Å². The fraction of sp³-hybridized carbons (Fsp3) is 0.421. The van der Waals surface area contributed by atoms with Crippen molar-refractivity contribution in [3.05, 3.63) is 48.2 Å². The summed E-state index contributed by atoms with van der Waals surface area (Å²) in [7, 11) is -1.50. The van der Waals surface area contributed by atoms with Crippen LogP contribution >= 0.6 is 0 Å². The van der Waals surface area contributed by atoms with E-state index in [-0.39, 0.29) is 4.90 Å². The number of sulfonamides is 1. The summed E-state index contributed by atoms with van der Waals surface area (Å²) in [5.41, 5.74) is 1.16. The first kappa shape index (κ1) is 18.7. The summed E-state index contributed by atoms with van der Waals surface area (Å²) < 4.78 is 32.3. The first-order valence-electron chi connectivity index (χ1n) is 8.83. The summed E-state index contributed by atoms with van der Waals surface area (Å²) in [5, 5.41) is 0. The quantitative estimate of drug-likeness (QED) is 0.745. The summed E-state index contributed by atoms with van der Waals surface area (Å²) >= 11 is 0. The maximum Gasteiger partial charge on any atom is 0.244 e. The molecule has 3 rings (SSSR count). The summed E-state index contributed by atoms with van der Waals surface area (Å²) in [6.07, 6.45) is 3.30. The molecular formula is C19H25N3O3S. The van der Waals surface area contributed by atoms with Crippen LogP contribution in [0.25, 0.3) is 0 Å². The molecule has 2 heterocycles. The lowest BCUT2D eigenvalue weighted by Gasteiger charge is -2.19. The molecule has 2 aromatic rings. The van der Waals surface area contributed by atoms with Gasteiger partial charge in [0.1, 0.15) is 23.1 Å². The predicted molar refractivity (Wildman–Crippen MR) is 102 cm³/mol. The van der Waals surface area contributed by atoms with Crippen LogP contribution in [0.3, 0.4) is 0 Å². The van der Waals surface area contributed by atoms with E-state index in [1.807, 2.05) is 43.1 Å². The van der Waals surface area contributed by atoms with Crippen LogP contribution in [0.2, 0.25) is 0 Å². The molecule has 7 heteroatoms. The number of rotatable bonds is 7. The van der Waals surface area contributed by atoms with E-state index >= 15 is 0 Å². The Morgan fingerprint density at radius 2 is 1.96 bits per heavy atom. The Morgan fingerprint density at radius 1 is 1.19 bits per heavy atom. The number of aryl methyl sites for hydroxylation is 1. The van der Waals surface area contributed by atoms with Gasteiger partial charge < -0.3 is 9.64 Å². The van der Waals surface area contributed by atoms with Gasteiger partial charge in [-0.15, -0.1) is 0 Å². The smallest absolute Gasteiger partial charge is 0.244 e. The molecule has 26 heavy (non-hydrogen) atoms. The van der Waals surface area contributed by atoms with Gasteiger partial charge in [-0.1, -0.05) is 12.1 Å². The number of ether oxygens (including phenoxy) is 1. The van der Waals surface area contributed by atoms with Gasteiger partial charge in [-0.3, -0.25) is 0 Å². The second kappa shape index (κ2) is 8.05. The Morgan fingerprint density at radius 3 is 2.62 bits per heavy atom. The number of nitrogens with zero attached hydrogens (tertiary/aromatic N) is 3. The zero-order valence-corrected chi connectivity index (χ0v) is 16.1. The van der Waals surface area contributed by atoms with Crippen LogP contribution in [-0.2, 0) is 10.0 Å². The van der Waals surface area contributed by atoms with Crippen LogP contribution in [0, 0.1) is 6.92 Å². The van der Waals surface area contributed by atoms with Gasteiger partial charge in [-0.2, -0.15) is 4.31 Å². The Kier molecular flexibility index (Phi) is 5.78. The molecule has 1 aromatic heterocycles. The Bertz CT molecular complexity index is 831. The Hall–Kier alpha value is -2.12. The molecule has 6 nitrogen and oxygen atoms in total. The highest BCUT2D eigenvalue weighted by Crippen LogP contribution is 2.21. The third-order valence-corrected chi connectivity index (χ3v) is 6.38. The standard InChI is InChI=1S/C19H25N3O3S/c1-16-6-5-7-17(14-16)25-13-12-21(2)19-9-8-18(15-20-19)26(23,24)22-10-3-4-11-22/h5-9,14-15H,3-4,10-13H2,1-2H3. The SMILES string of the molecule is Cc1cccc(OCCN(C)c2ccc(S(=O)(=O)N3CCCC3)cn2)c1. The molecule has 0 saturated carbocycles. The van der Waals surface area contributed by atoms with Gasteiger partial charge >= 0.3 is 0 Å². The molecule has 0 radical (unpaired) electrons. The van der Waals surface area contributed by atoms with Gasteiger partial charge in [0.05, 0.1) is 6.54 Å². The predicted octanol–water partition coefficient (Wildman–Crippen LogP) is 2.69. The lowest BCUT2D eigenvalue weighted by Crippen LogP contribution is -2.28. The van der Waals surface area contributed by atoms with Crippen molar-refractivity contribution < 1.29 is 13.2 Å². The van der Waals surface area contributed by atoms with E-state index in [1.165, 1.54) is 10.5 Å². The minimum absolute atomic E-state index is 0.257. The Balaban J connectivity index is 1.57. The lowest BCUT2D eigenvalue weighted by atomic mass is 10.2. The third kappa shape index (κ3) is 4.34. The van der Waals surface area contributed by atoms with Crippen molar-refractivity contribution in [3.8, 4) is 5.75 Å². The van der Waals surface area contributed by atoms with Crippen molar-refractivity contribution >= 4 is 15.8 Å². The highest BCUT2D eigenvalue weighted by Gasteiger charge is 2.27. The highest BCUT2D eigenvalue weighted by atomic mass is 32.2. The monoisotopic (exact) mass is 375 g/mol. The zero-order chi connectivity index (χ0) is 18.6. The van der Waals surface area contributed by atoms with E-state index in [2.05, 4.69) is 4.98 Å². The second-order valence-electron chi connectivity index (χ2n) is 6.55. The van der Waals surface area contributed by atoms with E-state index in [9.17, 15) is 8.42 Å². The first-order chi connectivity index (χ1) is 12.5. The normalized spacial score (nSPS) is 15.2. The van der Waals surface area contributed by atoms with Crippen molar-refractivity contribution in [1.29, 1.82) is 0 Å². The number of aromatic nitrogens is 1. The third-order valence-electron chi connectivity index (χ3n) is 4.50. The highest BCUT2D eigenvalue weighted by molar-refractivity contribution is 7.89. The first-order valence-corrected chi connectivity index (χ1v) is 10.3. The van der Waals surface area contributed by atoms with Crippen molar-refractivity contribution in [2.24, 2.45) is 0 Å². The number of likely N-dealkylation sites (N-methyl/N-ethyl adjacent to an activating group) is 1. The van der Waals surface area contributed by atoms with Crippen molar-refractivity contribution in [3.63, 3.8) is 0 Å². The average molecular weight is 375 g/mol. The minimum atomic E-state index is -3.41. The van der Waals surface area contributed by atoms with Crippen LogP contribution in [0.1, 0.15) is 18.4 Å². The molecule has 140 valence electrons. The maximum atomic E-state index is 12.5. The molecule has 1 saturated heterocycles. The largest absolute Gasteiger partial charge is 0.492 e. The summed E-state index contributed by atoms with van der Waals surface area (Å²) in [6, 6.07) is 11.3. The molecule has 0 aliphatic carbocycles. The lowest BCUT2D eigenvalue weighted by molar-refractivity contribution is 0.325. The number of anilines is 1. The van der Waals surface area contributed by atoms with Crippen LogP contribution in [0.15, 0.2) is 47.5 Å². The molecule has 1 aromatic carbocycles. The fourth-order valence-corrected chi connectivity index (χ4v) is 4.41. The number of hydrogen-bond donors (Lipinski definition) is 0. The van der Waals surface area contributed by atoms with Crippen LogP contribution in [0.4, 0.5) is 5.82 Å². The van der Waals surface area contributed by atoms with E-state index < -0.39 is 10.0 Å². The molecule has 0 unspecified atom stereocenters. The van der Waals surface area contributed by atoms with E-state index in [0.29, 0.717) is 26.2 Å². The van der Waals surface area contributed by atoms with E-state index in [1.54, 1.807) is 12.1 Å². The maximum absolute atomic E-state index is 12.5. The van der Waals surface area contributed by atoms with Crippen molar-refractivity contribution in [2.45, 2.75) is 24.7 Å². The van der Waals surface area contributed by atoms with Gasteiger partial charge in [-0.25, -0.2) is 13.4 Å². The molecule has 0 atom stereocenters. The van der Waals surface area contributed by atoms with Crippen LogP contribution in [0.5, 0.6) is 5.75 Å². The van der Waals surface area contributed by atoms with E-state index in [4.69, 9.17) is 4.74 Å². The van der Waals surface area contributed by atoms with Crippen LogP contribution in [-0.4, -0.2) is 51.0 Å². The van der Waals surface area contributed by atoms with Crippen LogP contribution < -0.4 is 9.64 Å². The summed E-state index contributed by atoms with van der Waals surface area (Å²) in [4.78, 5) is 6.52. The van der Waals surface area contributed by atoms with Crippen molar-refractivity contribution in [2.75, 3.05) is 38.2 Å². The zero-order valence-electron chi connectivity index (χ0n) is 15.3. The van der Waals surface area contributed by atoms with Gasteiger partial charge in [0.15, 0.2) is 0 Å². The molecule has 0 amide bonds. The molecule has 0 bridgehead atoms. The number of benzene rings is 1. The van der Waals surface area contributed by atoms with Gasteiger partial charge in [-0.05, 0) is 49.6 Å². The number of pyridine rings is 1. The van der Waals surface area contributed by atoms with Gasteiger partial charge in [0.2, 0.25) is 10.0 Å². The van der Waals surface area contributed by atoms with Gasteiger partial charge in [0.25, 0.3) is 0 Å². The molecule has 1 aliphatic rings. The summed E-state index contributed by atoms with van der Waals surface area (Å²) in [6.45, 7) is 4.40. The van der Waals surface area contributed by atoms with Crippen molar-refractivity contribution in [1.82, 2.24) is 9.29 Å². The van der Waals surface area contributed by atoms with E-state index in [0.717, 1.165) is 30.0 Å². The topological polar surface area (TPSA) is 62.7 Å². The number of hydrogen-bond acceptors (Lipinski definition) is 5. The molecule has 0 N–H and O–H groups in total. The minimum Gasteiger partial charge on any atom is -0.492 e. The molecule has 0 spiro atoms. The summed E-state index contributed by atoms with van der Waals surface area (Å²) in [5.74, 6) is 1.57. The molecule has 1 aliphatic heterocycles. The second-order valence-corrected chi connectivity index (χ2v) is 8.49.